The van der Waals surface area contributed by atoms with E-state index in [9.17, 15) is 14.0 Å². The fourth-order valence-corrected chi connectivity index (χ4v) is 2.36. The largest absolute Gasteiger partial charge is 0.478 e. The Labute approximate surface area is 121 Å². The topological polar surface area (TPSA) is 69.6 Å². The number of benzene rings is 1. The highest BCUT2D eigenvalue weighted by Crippen LogP contribution is 2.35. The maximum absolute atomic E-state index is 13.3. The van der Waals surface area contributed by atoms with Crippen LogP contribution in [0.5, 0.6) is 0 Å². The molecule has 21 heavy (non-hydrogen) atoms. The fourth-order valence-electron chi connectivity index (χ4n) is 2.36. The second-order valence-corrected chi connectivity index (χ2v) is 5.75. The van der Waals surface area contributed by atoms with Crippen molar-refractivity contribution in [3.63, 3.8) is 0 Å². The molecule has 6 heteroatoms. The van der Waals surface area contributed by atoms with Crippen molar-refractivity contribution in [2.24, 2.45) is 5.92 Å². The van der Waals surface area contributed by atoms with E-state index in [1.807, 2.05) is 0 Å². The van der Waals surface area contributed by atoms with Gasteiger partial charge in [-0.1, -0.05) is 0 Å². The summed E-state index contributed by atoms with van der Waals surface area (Å²) >= 11 is 0. The highest BCUT2D eigenvalue weighted by molar-refractivity contribution is 6.00. The Kier molecular flexibility index (Phi) is 3.53. The van der Waals surface area contributed by atoms with Crippen LogP contribution in [0.3, 0.4) is 0 Å². The third-order valence-electron chi connectivity index (χ3n) is 3.85. The summed E-state index contributed by atoms with van der Waals surface area (Å²) in [6, 6.07) is 3.19. The first-order valence-corrected chi connectivity index (χ1v) is 7.15. The number of carboxylic acids is 1. The number of amides is 2. The number of hydrogen-bond acceptors (Lipinski definition) is 2. The summed E-state index contributed by atoms with van der Waals surface area (Å²) in [6.45, 7) is 0.703. The number of anilines is 1. The second-order valence-electron chi connectivity index (χ2n) is 5.75. The molecular weight excluding hydrogens is 275 g/mol. The Morgan fingerprint density at radius 1 is 1.29 bits per heavy atom. The molecule has 2 aliphatic rings. The van der Waals surface area contributed by atoms with Crippen LogP contribution in [0.25, 0.3) is 0 Å². The van der Waals surface area contributed by atoms with Crippen LogP contribution in [0.1, 0.15) is 36.0 Å². The average molecular weight is 292 g/mol. The van der Waals surface area contributed by atoms with Crippen LogP contribution in [-0.2, 0) is 0 Å². The van der Waals surface area contributed by atoms with Gasteiger partial charge in [-0.15, -0.1) is 0 Å². The van der Waals surface area contributed by atoms with Crippen LogP contribution in [-0.4, -0.2) is 34.6 Å². The van der Waals surface area contributed by atoms with E-state index in [0.29, 0.717) is 12.5 Å². The molecule has 5 nitrogen and oxygen atoms in total. The number of hydrogen-bond donors (Lipinski definition) is 2. The summed E-state index contributed by atoms with van der Waals surface area (Å²) in [6.07, 6.45) is 4.23. The Morgan fingerprint density at radius 2 is 2.00 bits per heavy atom. The van der Waals surface area contributed by atoms with Gasteiger partial charge in [0, 0.05) is 12.6 Å². The lowest BCUT2D eigenvalue weighted by Gasteiger charge is -2.23. The van der Waals surface area contributed by atoms with Crippen molar-refractivity contribution in [3.05, 3.63) is 29.6 Å². The third kappa shape index (κ3) is 3.32. The number of rotatable bonds is 5. The Bertz CT molecular complexity index is 582. The van der Waals surface area contributed by atoms with Crippen molar-refractivity contribution in [1.29, 1.82) is 0 Å². The van der Waals surface area contributed by atoms with Gasteiger partial charge in [0.15, 0.2) is 0 Å². The fraction of sp³-hybridized carbons (Fsp3) is 0.467. The lowest BCUT2D eigenvalue weighted by atomic mass is 10.1. The van der Waals surface area contributed by atoms with Crippen LogP contribution in [0.15, 0.2) is 18.2 Å². The minimum atomic E-state index is -1.19. The monoisotopic (exact) mass is 292 g/mol. The van der Waals surface area contributed by atoms with Crippen LogP contribution in [0.2, 0.25) is 0 Å². The summed E-state index contributed by atoms with van der Waals surface area (Å²) in [5, 5.41) is 11.7. The zero-order valence-corrected chi connectivity index (χ0v) is 11.5. The Morgan fingerprint density at radius 3 is 2.57 bits per heavy atom. The standard InChI is InChI=1S/C15H17FN2O3/c16-10-3-6-12(14(19)20)13(7-10)17-15(21)18(11-4-5-11)8-9-1-2-9/h3,6-7,9,11H,1-2,4-5,8H2,(H,17,21)(H,19,20). The van der Waals surface area contributed by atoms with Crippen molar-refractivity contribution in [2.75, 3.05) is 11.9 Å². The SMILES string of the molecule is O=C(O)c1ccc(F)cc1NC(=O)N(CC1CC1)C1CC1. The zero-order chi connectivity index (χ0) is 15.0. The van der Waals surface area contributed by atoms with Crippen molar-refractivity contribution >= 4 is 17.7 Å². The molecule has 0 atom stereocenters. The number of aromatic carboxylic acids is 1. The highest BCUT2D eigenvalue weighted by atomic mass is 19.1. The van der Waals surface area contributed by atoms with Crippen LogP contribution >= 0.6 is 0 Å². The van der Waals surface area contributed by atoms with Crippen LogP contribution in [0, 0.1) is 11.7 Å². The maximum atomic E-state index is 13.3. The summed E-state index contributed by atoms with van der Waals surface area (Å²) in [5.41, 5.74) is -0.0964. The van der Waals surface area contributed by atoms with E-state index in [0.717, 1.165) is 43.9 Å². The quantitative estimate of drug-likeness (QED) is 0.876. The molecule has 3 rings (SSSR count). The molecule has 0 bridgehead atoms. The smallest absolute Gasteiger partial charge is 0.337 e. The van der Waals surface area contributed by atoms with E-state index in [4.69, 9.17) is 5.11 Å². The number of nitrogens with zero attached hydrogens (tertiary/aromatic N) is 1. The lowest BCUT2D eigenvalue weighted by molar-refractivity contribution is 0.0698. The van der Waals surface area contributed by atoms with Gasteiger partial charge in [-0.05, 0) is 49.8 Å². The number of carboxylic acid groups (broad SMARTS) is 1. The second kappa shape index (κ2) is 5.35. The molecule has 1 aromatic rings. The number of nitrogens with one attached hydrogen (secondary N) is 1. The van der Waals surface area contributed by atoms with Crippen molar-refractivity contribution in [1.82, 2.24) is 4.90 Å². The predicted molar refractivity (Wildman–Crippen MR) is 74.8 cm³/mol. The maximum Gasteiger partial charge on any atom is 0.337 e. The lowest BCUT2D eigenvalue weighted by Crippen LogP contribution is -2.38. The zero-order valence-electron chi connectivity index (χ0n) is 11.5. The van der Waals surface area contributed by atoms with Gasteiger partial charge in [0.25, 0.3) is 0 Å². The minimum absolute atomic E-state index is 0.00828. The van der Waals surface area contributed by atoms with E-state index >= 15 is 0 Å². The first kappa shape index (κ1) is 13.9. The summed E-state index contributed by atoms with van der Waals surface area (Å²) in [7, 11) is 0. The van der Waals surface area contributed by atoms with E-state index < -0.39 is 11.8 Å². The third-order valence-corrected chi connectivity index (χ3v) is 3.85. The molecule has 2 aliphatic carbocycles. The molecule has 0 spiro atoms. The van der Waals surface area contributed by atoms with Crippen LogP contribution in [0.4, 0.5) is 14.9 Å². The average Bonchev–Trinajstić information content (AvgIpc) is 3.28. The number of urea groups is 1. The minimum Gasteiger partial charge on any atom is -0.478 e. The highest BCUT2D eigenvalue weighted by Gasteiger charge is 2.36. The molecule has 0 unspecified atom stereocenters. The van der Waals surface area contributed by atoms with Gasteiger partial charge in [0.1, 0.15) is 5.82 Å². The van der Waals surface area contributed by atoms with Gasteiger partial charge in [-0.2, -0.15) is 0 Å². The van der Waals surface area contributed by atoms with Gasteiger partial charge < -0.3 is 15.3 Å². The summed E-state index contributed by atoms with van der Waals surface area (Å²) in [4.78, 5) is 25.2. The number of carbonyl (C=O) groups excluding carboxylic acids is 1. The van der Waals surface area contributed by atoms with Gasteiger partial charge in [-0.25, -0.2) is 14.0 Å². The Balaban J connectivity index is 1.76. The Hall–Kier alpha value is -2.11. The molecule has 0 heterocycles. The first-order valence-electron chi connectivity index (χ1n) is 7.15. The van der Waals surface area contributed by atoms with Gasteiger partial charge in [0.2, 0.25) is 0 Å². The summed E-state index contributed by atoms with van der Waals surface area (Å²) in [5.74, 6) is -1.20. The molecule has 112 valence electrons. The van der Waals surface area contributed by atoms with Gasteiger partial charge >= 0.3 is 12.0 Å². The predicted octanol–water partition coefficient (Wildman–Crippen LogP) is 2.93. The van der Waals surface area contributed by atoms with E-state index in [1.54, 1.807) is 4.90 Å². The first-order chi connectivity index (χ1) is 10.0. The van der Waals surface area contributed by atoms with Crippen molar-refractivity contribution in [2.45, 2.75) is 31.7 Å². The number of halogens is 1. The van der Waals surface area contributed by atoms with Crippen molar-refractivity contribution < 1.29 is 19.1 Å². The summed E-state index contributed by atoms with van der Waals surface area (Å²) < 4.78 is 13.3. The van der Waals surface area contributed by atoms with Crippen molar-refractivity contribution in [3.8, 4) is 0 Å². The molecule has 2 saturated carbocycles. The van der Waals surface area contributed by atoms with E-state index in [2.05, 4.69) is 5.32 Å². The molecule has 0 saturated heterocycles. The molecule has 2 amide bonds. The molecule has 0 aromatic heterocycles. The van der Waals surface area contributed by atoms with E-state index in [-0.39, 0.29) is 23.3 Å². The molecule has 1 aromatic carbocycles. The van der Waals surface area contributed by atoms with Crippen LogP contribution < -0.4 is 5.32 Å². The molecule has 0 radical (unpaired) electrons. The van der Waals surface area contributed by atoms with E-state index in [1.165, 1.54) is 0 Å². The molecule has 2 fully saturated rings. The molecule has 2 N–H and O–H groups in total. The molecule has 0 aliphatic heterocycles. The number of carbonyl (C=O) groups is 2. The normalized spacial score (nSPS) is 17.4. The van der Waals surface area contributed by atoms with Gasteiger partial charge in [0.05, 0.1) is 11.3 Å². The van der Waals surface area contributed by atoms with Gasteiger partial charge in [-0.3, -0.25) is 0 Å². The molecular formula is C15H17FN2O3.